The van der Waals surface area contributed by atoms with Crippen molar-refractivity contribution >= 4 is 51.8 Å². The van der Waals surface area contributed by atoms with Crippen LogP contribution in [0.2, 0.25) is 0 Å². The Morgan fingerprint density at radius 3 is 2.33 bits per heavy atom. The fourth-order valence-corrected chi connectivity index (χ4v) is 4.71. The lowest BCUT2D eigenvalue weighted by atomic mass is 10.2. The first-order valence-corrected chi connectivity index (χ1v) is 9.86. The third-order valence-corrected chi connectivity index (χ3v) is 6.06. The van der Waals surface area contributed by atoms with Crippen LogP contribution in [0.5, 0.6) is 0 Å². The third kappa shape index (κ3) is 4.31. The van der Waals surface area contributed by atoms with Gasteiger partial charge < -0.3 is 14.7 Å². The van der Waals surface area contributed by atoms with E-state index < -0.39 is 11.2 Å². The number of carboxylic acids is 1. The molecular weight excluding hydrogens is 388 g/mol. The van der Waals surface area contributed by atoms with E-state index in [1.807, 2.05) is 18.7 Å². The molecule has 0 spiro atoms. The van der Waals surface area contributed by atoms with Gasteiger partial charge in [-0.15, -0.1) is 0 Å². The molecule has 0 aliphatic carbocycles. The number of carbonyl (C=O) groups is 3. The number of imide groups is 1. The summed E-state index contributed by atoms with van der Waals surface area (Å²) in [4.78, 5) is 39.2. The molecule has 7 nitrogen and oxygen atoms in total. The Bertz CT molecular complexity index is 772. The fourth-order valence-electron chi connectivity index (χ4n) is 3.24. The van der Waals surface area contributed by atoms with Crippen molar-refractivity contribution in [3.05, 3.63) is 29.8 Å². The number of benzene rings is 1. The van der Waals surface area contributed by atoms with Gasteiger partial charge in [-0.3, -0.25) is 9.59 Å². The monoisotopic (exact) mass is 408 g/mol. The normalized spacial score (nSPS) is 25.8. The van der Waals surface area contributed by atoms with E-state index in [1.54, 1.807) is 0 Å². The standard InChI is InChI=1S/C18H20N2O5S2/c1-10-8-19(9-11(2)25-10)18(26)27-14-7-15(21)20(16(14)22)13-5-3-12(4-6-13)17(23)24/h3-6,10-11,14H,7-9H2,1-2H3,(H,23,24)/t10-,11-,14+/m1/s1. The van der Waals surface area contributed by atoms with Gasteiger partial charge >= 0.3 is 5.97 Å². The fraction of sp³-hybridized carbons (Fsp3) is 0.444. The Hall–Kier alpha value is -1.97. The number of thioether (sulfide) groups is 1. The minimum Gasteiger partial charge on any atom is -0.478 e. The number of anilines is 1. The van der Waals surface area contributed by atoms with Gasteiger partial charge in [0.05, 0.1) is 23.5 Å². The van der Waals surface area contributed by atoms with Crippen molar-refractivity contribution in [3.63, 3.8) is 0 Å². The van der Waals surface area contributed by atoms with E-state index >= 15 is 0 Å². The molecule has 0 radical (unpaired) electrons. The van der Waals surface area contributed by atoms with E-state index in [1.165, 1.54) is 36.0 Å². The Labute approximate surface area is 166 Å². The van der Waals surface area contributed by atoms with Crippen LogP contribution in [-0.4, -0.2) is 62.7 Å². The van der Waals surface area contributed by atoms with Gasteiger partial charge in [0, 0.05) is 19.5 Å². The van der Waals surface area contributed by atoms with Crippen LogP contribution >= 0.6 is 24.0 Å². The molecule has 144 valence electrons. The summed E-state index contributed by atoms with van der Waals surface area (Å²) in [5, 5.41) is 8.40. The van der Waals surface area contributed by atoms with Crippen LogP contribution in [0.1, 0.15) is 30.6 Å². The number of hydrogen-bond donors (Lipinski definition) is 1. The molecule has 2 saturated heterocycles. The van der Waals surface area contributed by atoms with E-state index in [0.29, 0.717) is 23.1 Å². The number of nitrogens with zero attached hydrogens (tertiary/aromatic N) is 2. The Balaban J connectivity index is 1.68. The summed E-state index contributed by atoms with van der Waals surface area (Å²) >= 11 is 6.73. The number of ether oxygens (including phenoxy) is 1. The van der Waals surface area contributed by atoms with Crippen LogP contribution in [-0.2, 0) is 14.3 Å². The first-order valence-electron chi connectivity index (χ1n) is 8.57. The molecule has 2 aliphatic rings. The average Bonchev–Trinajstić information content (AvgIpc) is 2.87. The Kier molecular flexibility index (Phi) is 5.83. The van der Waals surface area contributed by atoms with E-state index in [2.05, 4.69) is 0 Å². The van der Waals surface area contributed by atoms with Gasteiger partial charge in [0.15, 0.2) is 0 Å². The van der Waals surface area contributed by atoms with E-state index in [4.69, 9.17) is 22.1 Å². The van der Waals surface area contributed by atoms with E-state index in [-0.39, 0.29) is 36.0 Å². The molecule has 2 amide bonds. The quantitative estimate of drug-likeness (QED) is 0.601. The zero-order chi connectivity index (χ0) is 19.7. The summed E-state index contributed by atoms with van der Waals surface area (Å²) < 4.78 is 6.28. The second-order valence-corrected chi connectivity index (χ2v) is 8.49. The van der Waals surface area contributed by atoms with Gasteiger partial charge in [0.1, 0.15) is 9.57 Å². The van der Waals surface area contributed by atoms with Crippen LogP contribution in [0.4, 0.5) is 5.69 Å². The largest absolute Gasteiger partial charge is 0.478 e. The lowest BCUT2D eigenvalue weighted by Gasteiger charge is -2.36. The molecule has 0 saturated carbocycles. The Morgan fingerprint density at radius 2 is 1.78 bits per heavy atom. The number of amides is 2. The molecule has 0 bridgehead atoms. The zero-order valence-corrected chi connectivity index (χ0v) is 16.6. The van der Waals surface area contributed by atoms with Crippen molar-refractivity contribution in [1.82, 2.24) is 4.90 Å². The summed E-state index contributed by atoms with van der Waals surface area (Å²) in [7, 11) is 0. The molecule has 1 aromatic carbocycles. The summed E-state index contributed by atoms with van der Waals surface area (Å²) in [5.41, 5.74) is 0.471. The summed E-state index contributed by atoms with van der Waals surface area (Å²) in [6.45, 7) is 5.27. The Morgan fingerprint density at radius 1 is 1.19 bits per heavy atom. The maximum absolute atomic E-state index is 12.7. The van der Waals surface area contributed by atoms with Gasteiger partial charge in [-0.1, -0.05) is 24.0 Å². The van der Waals surface area contributed by atoms with Crippen molar-refractivity contribution in [3.8, 4) is 0 Å². The average molecular weight is 409 g/mol. The predicted molar refractivity (Wildman–Crippen MR) is 106 cm³/mol. The van der Waals surface area contributed by atoms with Crippen LogP contribution in [0, 0.1) is 0 Å². The first-order chi connectivity index (χ1) is 12.8. The molecule has 2 heterocycles. The van der Waals surface area contributed by atoms with E-state index in [9.17, 15) is 14.4 Å². The number of thiocarbonyl (C=S) groups is 1. The summed E-state index contributed by atoms with van der Waals surface area (Å²) in [6.07, 6.45) is 0.176. The van der Waals surface area contributed by atoms with Crippen molar-refractivity contribution in [2.75, 3.05) is 18.0 Å². The molecule has 3 atom stereocenters. The molecule has 0 unspecified atom stereocenters. The lowest BCUT2D eigenvalue weighted by molar-refractivity contribution is -0.121. The van der Waals surface area contributed by atoms with Gasteiger partial charge in [-0.25, -0.2) is 9.69 Å². The first kappa shape index (κ1) is 19.8. The highest BCUT2D eigenvalue weighted by molar-refractivity contribution is 8.23. The molecule has 0 aromatic heterocycles. The molecule has 2 fully saturated rings. The third-order valence-electron chi connectivity index (χ3n) is 4.40. The minimum atomic E-state index is -1.06. The van der Waals surface area contributed by atoms with Crippen LogP contribution in [0.25, 0.3) is 0 Å². The van der Waals surface area contributed by atoms with Crippen molar-refractivity contribution < 1.29 is 24.2 Å². The predicted octanol–water partition coefficient (Wildman–Crippen LogP) is 2.14. The lowest BCUT2D eigenvalue weighted by Crippen LogP contribution is -2.47. The molecule has 2 aliphatic heterocycles. The number of aromatic carboxylic acids is 1. The van der Waals surface area contributed by atoms with Gasteiger partial charge in [-0.2, -0.15) is 0 Å². The molecular formula is C18H20N2O5S2. The number of hydrogen-bond acceptors (Lipinski definition) is 6. The second kappa shape index (κ2) is 7.95. The van der Waals surface area contributed by atoms with Crippen LogP contribution in [0.3, 0.4) is 0 Å². The molecule has 27 heavy (non-hydrogen) atoms. The number of morpholine rings is 1. The highest BCUT2D eigenvalue weighted by Gasteiger charge is 2.41. The maximum Gasteiger partial charge on any atom is 0.335 e. The topological polar surface area (TPSA) is 87.2 Å². The van der Waals surface area contributed by atoms with Crippen molar-refractivity contribution in [2.24, 2.45) is 0 Å². The highest BCUT2D eigenvalue weighted by atomic mass is 32.2. The second-order valence-electron chi connectivity index (χ2n) is 6.66. The maximum atomic E-state index is 12.7. The van der Waals surface area contributed by atoms with Crippen molar-refractivity contribution in [1.29, 1.82) is 0 Å². The zero-order valence-electron chi connectivity index (χ0n) is 15.0. The van der Waals surface area contributed by atoms with Crippen LogP contribution < -0.4 is 4.90 Å². The van der Waals surface area contributed by atoms with E-state index in [0.717, 1.165) is 4.90 Å². The van der Waals surface area contributed by atoms with Gasteiger partial charge in [-0.05, 0) is 38.1 Å². The van der Waals surface area contributed by atoms with Gasteiger partial charge in [0.2, 0.25) is 11.8 Å². The SMILES string of the molecule is C[C@@H]1CN(C(=S)S[C@H]2CC(=O)N(c3ccc(C(=O)O)cc3)C2=O)C[C@@H](C)O1. The smallest absolute Gasteiger partial charge is 0.335 e. The molecule has 9 heteroatoms. The number of rotatable bonds is 3. The van der Waals surface area contributed by atoms with Crippen molar-refractivity contribution in [2.45, 2.75) is 37.7 Å². The van der Waals surface area contributed by atoms with Crippen LogP contribution in [0.15, 0.2) is 24.3 Å². The molecule has 1 N–H and O–H groups in total. The highest BCUT2D eigenvalue weighted by Crippen LogP contribution is 2.32. The minimum absolute atomic E-state index is 0.0532. The molecule has 1 aromatic rings. The van der Waals surface area contributed by atoms with Gasteiger partial charge in [0.25, 0.3) is 0 Å². The summed E-state index contributed by atoms with van der Waals surface area (Å²) in [5.74, 6) is -1.70. The summed E-state index contributed by atoms with van der Waals surface area (Å²) in [6, 6.07) is 5.69. The number of carboxylic acid groups (broad SMARTS) is 1. The molecule has 3 rings (SSSR count). The number of carbonyl (C=O) groups excluding carboxylic acids is 2.